The third-order valence-corrected chi connectivity index (χ3v) is 4.41. The summed E-state index contributed by atoms with van der Waals surface area (Å²) >= 11 is 0. The number of hydrogen-bond donors (Lipinski definition) is 1. The van der Waals surface area contributed by atoms with Gasteiger partial charge in [0.05, 0.1) is 7.11 Å². The van der Waals surface area contributed by atoms with Crippen LogP contribution in [0, 0.1) is 5.92 Å². The summed E-state index contributed by atoms with van der Waals surface area (Å²) in [5.74, 6) is 1.06. The number of ether oxygens (including phenoxy) is 1. The van der Waals surface area contributed by atoms with Gasteiger partial charge < -0.3 is 15.4 Å². The predicted octanol–water partition coefficient (Wildman–Crippen LogP) is 2.24. The molecule has 0 aromatic heterocycles. The molecule has 1 heterocycles. The van der Waals surface area contributed by atoms with E-state index in [1.807, 2.05) is 11.8 Å². The quantitative estimate of drug-likeness (QED) is 0.817. The maximum Gasteiger partial charge on any atom is 0.222 e. The second-order valence-corrected chi connectivity index (χ2v) is 6.26. The molecule has 0 bridgehead atoms. The fourth-order valence-corrected chi connectivity index (χ4v) is 2.89. The molecule has 0 saturated carbocycles. The largest absolute Gasteiger partial charge is 0.497 e. The molecule has 5 heteroatoms. The monoisotopic (exact) mass is 318 g/mol. The van der Waals surface area contributed by atoms with Crippen LogP contribution >= 0.6 is 0 Å². The van der Waals surface area contributed by atoms with Crippen LogP contribution in [-0.2, 0) is 4.79 Å². The lowest BCUT2D eigenvalue weighted by atomic mass is 9.88. The fraction of sp³-hybridized carbons (Fsp3) is 0.556. The summed E-state index contributed by atoms with van der Waals surface area (Å²) in [7, 11) is 1.61. The third kappa shape index (κ3) is 4.79. The van der Waals surface area contributed by atoms with Crippen LogP contribution in [0.4, 0.5) is 0 Å². The Balaban J connectivity index is 1.85. The number of methoxy groups -OCH3 is 1. The zero-order valence-electron chi connectivity index (χ0n) is 14.0. The van der Waals surface area contributed by atoms with Crippen LogP contribution in [0.15, 0.2) is 24.3 Å². The number of carbonyl (C=O) groups is 2. The Kier molecular flexibility index (Phi) is 6.16. The molecular formula is C18H26N2O3. The molecule has 1 aliphatic rings. The number of likely N-dealkylation sites (tertiary alicyclic amines) is 1. The molecule has 126 valence electrons. The number of hydrogen-bond acceptors (Lipinski definition) is 4. The molecule has 5 nitrogen and oxygen atoms in total. The van der Waals surface area contributed by atoms with Gasteiger partial charge in [0.15, 0.2) is 5.78 Å². The molecule has 2 N–H and O–H groups in total. The van der Waals surface area contributed by atoms with Crippen molar-refractivity contribution in [1.82, 2.24) is 4.90 Å². The van der Waals surface area contributed by atoms with Gasteiger partial charge in [-0.3, -0.25) is 9.59 Å². The van der Waals surface area contributed by atoms with Crippen LogP contribution in [-0.4, -0.2) is 42.8 Å². The topological polar surface area (TPSA) is 72.6 Å². The highest BCUT2D eigenvalue weighted by Gasteiger charge is 2.27. The lowest BCUT2D eigenvalue weighted by Crippen LogP contribution is -2.40. The van der Waals surface area contributed by atoms with Gasteiger partial charge in [-0.15, -0.1) is 0 Å². The maximum absolute atomic E-state index is 12.5. The number of nitrogens with zero attached hydrogens (tertiary/aromatic N) is 1. The highest BCUT2D eigenvalue weighted by atomic mass is 16.5. The first-order chi connectivity index (χ1) is 11.0. The maximum atomic E-state index is 12.5. The first-order valence-electron chi connectivity index (χ1n) is 8.23. The summed E-state index contributed by atoms with van der Waals surface area (Å²) in [5.41, 5.74) is 6.41. The van der Waals surface area contributed by atoms with Gasteiger partial charge in [-0.05, 0) is 50.5 Å². The van der Waals surface area contributed by atoms with E-state index >= 15 is 0 Å². The summed E-state index contributed by atoms with van der Waals surface area (Å²) in [6.45, 7) is 3.22. The van der Waals surface area contributed by atoms with Crippen LogP contribution in [0.5, 0.6) is 5.75 Å². The molecule has 1 atom stereocenters. The molecule has 1 aromatic rings. The van der Waals surface area contributed by atoms with Crippen molar-refractivity contribution in [3.05, 3.63) is 29.8 Å². The minimum absolute atomic E-state index is 0.000812. The minimum atomic E-state index is 0.000812. The van der Waals surface area contributed by atoms with Gasteiger partial charge in [-0.2, -0.15) is 0 Å². The Hall–Kier alpha value is -1.88. The molecule has 0 radical (unpaired) electrons. The predicted molar refractivity (Wildman–Crippen MR) is 89.5 cm³/mol. The van der Waals surface area contributed by atoms with Crippen molar-refractivity contribution in [1.29, 1.82) is 0 Å². The van der Waals surface area contributed by atoms with Crippen LogP contribution < -0.4 is 10.5 Å². The zero-order valence-corrected chi connectivity index (χ0v) is 14.0. The second kappa shape index (κ2) is 8.11. The molecule has 1 aliphatic heterocycles. The van der Waals surface area contributed by atoms with Crippen molar-refractivity contribution >= 4 is 11.7 Å². The number of nitrogens with two attached hydrogens (primary N) is 1. The fourth-order valence-electron chi connectivity index (χ4n) is 2.89. The van der Waals surface area contributed by atoms with E-state index in [1.165, 1.54) is 0 Å². The molecule has 0 spiro atoms. The molecule has 2 rings (SSSR count). The van der Waals surface area contributed by atoms with Gasteiger partial charge in [0.1, 0.15) is 5.75 Å². The van der Waals surface area contributed by atoms with Crippen molar-refractivity contribution in [2.24, 2.45) is 11.7 Å². The van der Waals surface area contributed by atoms with E-state index in [-0.39, 0.29) is 23.7 Å². The molecule has 1 fully saturated rings. The van der Waals surface area contributed by atoms with E-state index in [0.717, 1.165) is 18.6 Å². The average Bonchev–Trinajstić information content (AvgIpc) is 2.59. The van der Waals surface area contributed by atoms with E-state index in [0.29, 0.717) is 31.5 Å². The third-order valence-electron chi connectivity index (χ3n) is 4.41. The van der Waals surface area contributed by atoms with Gasteiger partial charge in [-0.25, -0.2) is 0 Å². The van der Waals surface area contributed by atoms with E-state index < -0.39 is 0 Å². The van der Waals surface area contributed by atoms with Crippen molar-refractivity contribution in [2.45, 2.75) is 38.6 Å². The highest BCUT2D eigenvalue weighted by molar-refractivity contribution is 5.98. The van der Waals surface area contributed by atoms with E-state index in [1.54, 1.807) is 31.4 Å². The normalized spacial score (nSPS) is 16.9. The first-order valence-corrected chi connectivity index (χ1v) is 8.23. The van der Waals surface area contributed by atoms with Gasteiger partial charge in [0.2, 0.25) is 5.91 Å². The standard InChI is InChI=1S/C18H26N2O3/c1-13(19)3-8-17(21)20-11-9-15(10-12-20)18(22)14-4-6-16(23-2)7-5-14/h4-7,13,15H,3,8-12,19H2,1-2H3. The summed E-state index contributed by atoms with van der Waals surface area (Å²) in [4.78, 5) is 26.5. The van der Waals surface area contributed by atoms with Crippen LogP contribution in [0.1, 0.15) is 43.0 Å². The molecule has 23 heavy (non-hydrogen) atoms. The Morgan fingerprint density at radius 2 is 1.87 bits per heavy atom. The SMILES string of the molecule is COc1ccc(C(=O)C2CCN(C(=O)CCC(C)N)CC2)cc1. The molecule has 1 unspecified atom stereocenters. The molecular weight excluding hydrogens is 292 g/mol. The van der Waals surface area contributed by atoms with Crippen LogP contribution in [0.25, 0.3) is 0 Å². The van der Waals surface area contributed by atoms with Crippen molar-refractivity contribution in [2.75, 3.05) is 20.2 Å². The summed E-state index contributed by atoms with van der Waals surface area (Å²) < 4.78 is 5.11. The number of carbonyl (C=O) groups excluding carboxylic acids is 2. The lowest BCUT2D eigenvalue weighted by molar-refractivity contribution is -0.132. The van der Waals surface area contributed by atoms with Gasteiger partial charge >= 0.3 is 0 Å². The molecule has 0 aliphatic carbocycles. The van der Waals surface area contributed by atoms with Gasteiger partial charge in [-0.1, -0.05) is 0 Å². The Morgan fingerprint density at radius 3 is 2.39 bits per heavy atom. The highest BCUT2D eigenvalue weighted by Crippen LogP contribution is 2.23. The van der Waals surface area contributed by atoms with Crippen molar-refractivity contribution < 1.29 is 14.3 Å². The van der Waals surface area contributed by atoms with Gasteiger partial charge in [0.25, 0.3) is 0 Å². The summed E-state index contributed by atoms with van der Waals surface area (Å²) in [6.07, 6.45) is 2.67. The van der Waals surface area contributed by atoms with E-state index in [4.69, 9.17) is 10.5 Å². The van der Waals surface area contributed by atoms with Crippen molar-refractivity contribution in [3.8, 4) is 5.75 Å². The number of benzene rings is 1. The molecule has 1 amide bonds. The zero-order chi connectivity index (χ0) is 16.8. The number of amides is 1. The Morgan fingerprint density at radius 1 is 1.26 bits per heavy atom. The number of piperidine rings is 1. The number of Topliss-reactive ketones (excluding diaryl/α,β-unsaturated/α-hetero) is 1. The Bertz CT molecular complexity index is 532. The average molecular weight is 318 g/mol. The van der Waals surface area contributed by atoms with E-state index in [9.17, 15) is 9.59 Å². The molecule has 1 saturated heterocycles. The summed E-state index contributed by atoms with van der Waals surface area (Å²) in [5, 5.41) is 0. The lowest BCUT2D eigenvalue weighted by Gasteiger charge is -2.31. The molecule has 1 aromatic carbocycles. The first kappa shape index (κ1) is 17.5. The second-order valence-electron chi connectivity index (χ2n) is 6.26. The van der Waals surface area contributed by atoms with Crippen LogP contribution in [0.3, 0.4) is 0 Å². The number of ketones is 1. The van der Waals surface area contributed by atoms with Crippen LogP contribution in [0.2, 0.25) is 0 Å². The van der Waals surface area contributed by atoms with Gasteiger partial charge in [0, 0.05) is 37.0 Å². The van der Waals surface area contributed by atoms with Crippen molar-refractivity contribution in [3.63, 3.8) is 0 Å². The van der Waals surface area contributed by atoms with E-state index in [2.05, 4.69) is 0 Å². The smallest absolute Gasteiger partial charge is 0.222 e. The Labute approximate surface area is 137 Å². The minimum Gasteiger partial charge on any atom is -0.497 e. The number of rotatable bonds is 6. The summed E-state index contributed by atoms with van der Waals surface area (Å²) in [6, 6.07) is 7.27.